The summed E-state index contributed by atoms with van der Waals surface area (Å²) in [5, 5.41) is 25.3. The van der Waals surface area contributed by atoms with Gasteiger partial charge in [0.1, 0.15) is 11.3 Å². The Hall–Kier alpha value is -2.15. The lowest BCUT2D eigenvalue weighted by atomic mass is 10.0. The van der Waals surface area contributed by atoms with E-state index in [4.69, 9.17) is 11.6 Å². The molecule has 0 saturated carbocycles. The number of hydrogen-bond acceptors (Lipinski definition) is 5. The van der Waals surface area contributed by atoms with Crippen molar-refractivity contribution in [2.24, 2.45) is 0 Å². The second-order valence-electron chi connectivity index (χ2n) is 4.91. The van der Waals surface area contributed by atoms with Crippen LogP contribution in [0.3, 0.4) is 0 Å². The van der Waals surface area contributed by atoms with Crippen LogP contribution in [-0.4, -0.2) is 40.9 Å². The number of halogens is 1. The number of rotatable bonds is 6. The Morgan fingerprint density at radius 3 is 2.65 bits per heavy atom. The van der Waals surface area contributed by atoms with Crippen LogP contribution in [0.15, 0.2) is 42.6 Å². The topological polar surface area (TPSA) is 94.5 Å². The minimum atomic E-state index is -1.05. The molecule has 0 saturated heterocycles. The third kappa shape index (κ3) is 4.19. The van der Waals surface area contributed by atoms with Crippen LogP contribution in [-0.2, 0) is 0 Å². The van der Waals surface area contributed by atoms with Gasteiger partial charge in [0.25, 0.3) is 5.91 Å². The van der Waals surface area contributed by atoms with Gasteiger partial charge in [-0.2, -0.15) is 0 Å². The van der Waals surface area contributed by atoms with E-state index in [1.165, 1.54) is 19.3 Å². The molecule has 0 aliphatic heterocycles. The molecule has 7 heteroatoms. The van der Waals surface area contributed by atoms with Crippen LogP contribution in [0.4, 0.5) is 5.69 Å². The lowest BCUT2D eigenvalue weighted by Gasteiger charge is -2.25. The maximum absolute atomic E-state index is 12.0. The van der Waals surface area contributed by atoms with Gasteiger partial charge in [0, 0.05) is 13.2 Å². The number of anilines is 1. The summed E-state index contributed by atoms with van der Waals surface area (Å²) in [4.78, 5) is 15.9. The molecule has 1 heterocycles. The van der Waals surface area contributed by atoms with Gasteiger partial charge in [0.15, 0.2) is 0 Å². The molecule has 2 unspecified atom stereocenters. The smallest absolute Gasteiger partial charge is 0.254 e. The molecule has 0 bridgehead atoms. The number of benzene rings is 1. The van der Waals surface area contributed by atoms with Crippen molar-refractivity contribution in [1.82, 2.24) is 10.3 Å². The average Bonchev–Trinajstić information content (AvgIpc) is 2.59. The fraction of sp³-hybridized carbons (Fsp3) is 0.250. The molecular formula is C16H18ClN3O3. The first-order chi connectivity index (χ1) is 11.1. The highest BCUT2D eigenvalue weighted by atomic mass is 35.5. The molecule has 2 atom stereocenters. The van der Waals surface area contributed by atoms with Crippen LogP contribution >= 0.6 is 11.6 Å². The van der Waals surface area contributed by atoms with E-state index in [-0.39, 0.29) is 11.1 Å². The summed E-state index contributed by atoms with van der Waals surface area (Å²) in [5.41, 5.74) is 1.48. The third-order valence-corrected chi connectivity index (χ3v) is 3.59. The predicted molar refractivity (Wildman–Crippen MR) is 88.5 cm³/mol. The minimum absolute atomic E-state index is 0.213. The number of nitrogens with zero attached hydrogens (tertiary/aromatic N) is 1. The van der Waals surface area contributed by atoms with Crippen molar-refractivity contribution in [3.05, 3.63) is 58.9 Å². The standard InChI is InChI=1S/C16H18ClN3O3/c1-18-16(23)11-8-19-14(17)7-12(11)20-15(13(22)9-21)10-5-3-2-4-6-10/h2-8,13,15,21-22H,9H2,1H3,(H,18,23)(H,19,20). The van der Waals surface area contributed by atoms with Gasteiger partial charge in [-0.05, 0) is 11.6 Å². The first kappa shape index (κ1) is 17.2. The van der Waals surface area contributed by atoms with Gasteiger partial charge >= 0.3 is 0 Å². The molecule has 1 aromatic carbocycles. The Bertz CT molecular complexity index is 667. The quantitative estimate of drug-likeness (QED) is 0.602. The Labute approximate surface area is 139 Å². The number of amides is 1. The van der Waals surface area contributed by atoms with Crippen LogP contribution in [0, 0.1) is 0 Å². The van der Waals surface area contributed by atoms with Crippen LogP contribution in [0.2, 0.25) is 5.15 Å². The van der Waals surface area contributed by atoms with Gasteiger partial charge in [-0.15, -0.1) is 0 Å². The number of aromatic nitrogens is 1. The largest absolute Gasteiger partial charge is 0.394 e. The van der Waals surface area contributed by atoms with E-state index < -0.39 is 18.8 Å². The van der Waals surface area contributed by atoms with Crippen molar-refractivity contribution in [2.75, 3.05) is 19.0 Å². The summed E-state index contributed by atoms with van der Waals surface area (Å²) >= 11 is 5.91. The minimum Gasteiger partial charge on any atom is -0.394 e. The van der Waals surface area contributed by atoms with Gasteiger partial charge in [0.2, 0.25) is 0 Å². The lowest BCUT2D eigenvalue weighted by molar-refractivity contribution is 0.0793. The van der Waals surface area contributed by atoms with Crippen LogP contribution in [0.5, 0.6) is 0 Å². The highest BCUT2D eigenvalue weighted by Crippen LogP contribution is 2.26. The molecule has 6 nitrogen and oxygen atoms in total. The van der Waals surface area contributed by atoms with Crippen LogP contribution in [0.1, 0.15) is 22.0 Å². The molecule has 2 aromatic rings. The van der Waals surface area contributed by atoms with Crippen LogP contribution in [0.25, 0.3) is 0 Å². The number of carbonyl (C=O) groups is 1. The van der Waals surface area contributed by atoms with Crippen molar-refractivity contribution < 1.29 is 15.0 Å². The summed E-state index contributed by atoms with van der Waals surface area (Å²) in [6.07, 6.45) is 0.304. The molecule has 23 heavy (non-hydrogen) atoms. The summed E-state index contributed by atoms with van der Waals surface area (Å²) in [6, 6.07) is 10.0. The Balaban J connectivity index is 2.40. The molecule has 0 aliphatic rings. The van der Waals surface area contributed by atoms with Crippen molar-refractivity contribution in [1.29, 1.82) is 0 Å². The van der Waals surface area contributed by atoms with E-state index in [0.29, 0.717) is 11.3 Å². The second kappa shape index (κ2) is 7.92. The highest BCUT2D eigenvalue weighted by Gasteiger charge is 2.23. The zero-order valence-electron chi connectivity index (χ0n) is 12.5. The Kier molecular flexibility index (Phi) is 5.92. The van der Waals surface area contributed by atoms with E-state index >= 15 is 0 Å². The summed E-state index contributed by atoms with van der Waals surface area (Å²) in [5.74, 6) is -0.332. The normalized spacial score (nSPS) is 13.2. The number of carbonyl (C=O) groups excluding carboxylic acids is 1. The third-order valence-electron chi connectivity index (χ3n) is 3.38. The van der Waals surface area contributed by atoms with Gasteiger partial charge in [0.05, 0.1) is 23.9 Å². The Morgan fingerprint density at radius 1 is 1.35 bits per heavy atom. The summed E-state index contributed by atoms with van der Waals surface area (Å²) in [6.45, 7) is -0.430. The number of aliphatic hydroxyl groups excluding tert-OH is 2. The molecule has 2 rings (SSSR count). The van der Waals surface area contributed by atoms with Gasteiger partial charge in [-0.25, -0.2) is 4.98 Å². The number of pyridine rings is 1. The molecule has 1 amide bonds. The summed E-state index contributed by atoms with van der Waals surface area (Å²) in [7, 11) is 1.51. The molecular weight excluding hydrogens is 318 g/mol. The number of nitrogens with one attached hydrogen (secondary N) is 2. The molecule has 4 N–H and O–H groups in total. The number of hydrogen-bond donors (Lipinski definition) is 4. The molecule has 0 aliphatic carbocycles. The van der Waals surface area contributed by atoms with E-state index in [2.05, 4.69) is 15.6 Å². The maximum atomic E-state index is 12.0. The van der Waals surface area contributed by atoms with Gasteiger partial charge in [-0.3, -0.25) is 4.79 Å². The fourth-order valence-corrected chi connectivity index (χ4v) is 2.36. The molecule has 0 spiro atoms. The molecule has 1 aromatic heterocycles. The average molecular weight is 336 g/mol. The van der Waals surface area contributed by atoms with Crippen molar-refractivity contribution in [3.63, 3.8) is 0 Å². The zero-order chi connectivity index (χ0) is 16.8. The Morgan fingerprint density at radius 2 is 2.04 bits per heavy atom. The van der Waals surface area contributed by atoms with E-state index in [1.54, 1.807) is 0 Å². The summed E-state index contributed by atoms with van der Waals surface area (Å²) < 4.78 is 0. The van der Waals surface area contributed by atoms with Crippen molar-refractivity contribution in [3.8, 4) is 0 Å². The monoisotopic (exact) mass is 335 g/mol. The SMILES string of the molecule is CNC(=O)c1cnc(Cl)cc1NC(c1ccccc1)C(O)CO. The fourth-order valence-electron chi connectivity index (χ4n) is 2.20. The van der Waals surface area contributed by atoms with Crippen molar-refractivity contribution >= 4 is 23.2 Å². The maximum Gasteiger partial charge on any atom is 0.254 e. The second-order valence-corrected chi connectivity index (χ2v) is 5.30. The zero-order valence-corrected chi connectivity index (χ0v) is 13.3. The first-order valence-electron chi connectivity index (χ1n) is 7.04. The highest BCUT2D eigenvalue weighted by molar-refractivity contribution is 6.29. The number of aliphatic hydroxyl groups is 2. The van der Waals surface area contributed by atoms with Gasteiger partial charge < -0.3 is 20.8 Å². The lowest BCUT2D eigenvalue weighted by Crippen LogP contribution is -2.30. The van der Waals surface area contributed by atoms with Crippen molar-refractivity contribution in [2.45, 2.75) is 12.1 Å². The van der Waals surface area contributed by atoms with E-state index in [9.17, 15) is 15.0 Å². The molecule has 0 fully saturated rings. The predicted octanol–water partition coefficient (Wildman–Crippen LogP) is 1.60. The first-order valence-corrected chi connectivity index (χ1v) is 7.42. The van der Waals surface area contributed by atoms with Gasteiger partial charge in [-0.1, -0.05) is 41.9 Å². The van der Waals surface area contributed by atoms with E-state index in [1.807, 2.05) is 30.3 Å². The molecule has 0 radical (unpaired) electrons. The van der Waals surface area contributed by atoms with Crippen LogP contribution < -0.4 is 10.6 Å². The molecule has 122 valence electrons. The van der Waals surface area contributed by atoms with E-state index in [0.717, 1.165) is 5.56 Å².